The van der Waals surface area contributed by atoms with E-state index >= 15 is 0 Å². The van der Waals surface area contributed by atoms with Gasteiger partial charge in [0.2, 0.25) is 10.0 Å². The third-order valence-electron chi connectivity index (χ3n) is 2.70. The molecule has 0 unspecified atom stereocenters. The minimum Gasteiger partial charge on any atom is -0.502 e. The van der Waals surface area contributed by atoms with Crippen molar-refractivity contribution < 1.29 is 18.4 Å². The van der Waals surface area contributed by atoms with Gasteiger partial charge < -0.3 is 5.11 Å². The lowest BCUT2D eigenvalue weighted by Gasteiger charge is -2.06. The third-order valence-corrected chi connectivity index (χ3v) is 5.09. The van der Waals surface area contributed by atoms with Gasteiger partial charge >= 0.3 is 5.69 Å². The molecule has 7 nitrogen and oxygen atoms in total. The molecule has 112 valence electrons. The Labute approximate surface area is 125 Å². The molecule has 0 saturated carbocycles. The van der Waals surface area contributed by atoms with E-state index < -0.39 is 26.4 Å². The van der Waals surface area contributed by atoms with Gasteiger partial charge in [-0.2, -0.15) is 0 Å². The lowest BCUT2D eigenvalue weighted by molar-refractivity contribution is -0.386. The van der Waals surface area contributed by atoms with Crippen molar-refractivity contribution in [1.82, 2.24) is 4.72 Å². The summed E-state index contributed by atoms with van der Waals surface area (Å²) >= 11 is 1.52. The number of phenolic OH excluding ortho intramolecular Hbond substituents is 1. The number of phenols is 1. The zero-order valence-electron chi connectivity index (χ0n) is 10.7. The maximum absolute atomic E-state index is 12.0. The fourth-order valence-electron chi connectivity index (χ4n) is 1.66. The Morgan fingerprint density at radius 1 is 1.33 bits per heavy atom. The highest BCUT2D eigenvalue weighted by Crippen LogP contribution is 2.28. The second kappa shape index (κ2) is 6.20. The molecule has 0 amide bonds. The maximum atomic E-state index is 12.0. The van der Waals surface area contributed by atoms with Gasteiger partial charge in [0.1, 0.15) is 0 Å². The fraction of sp³-hybridized carbons (Fsp3) is 0.167. The average molecular weight is 328 g/mol. The lowest BCUT2D eigenvalue weighted by Crippen LogP contribution is -2.25. The highest BCUT2D eigenvalue weighted by Gasteiger charge is 2.20. The van der Waals surface area contributed by atoms with Crippen LogP contribution in [0.25, 0.3) is 0 Å². The number of hydrogen-bond acceptors (Lipinski definition) is 6. The largest absolute Gasteiger partial charge is 0.502 e. The monoisotopic (exact) mass is 328 g/mol. The van der Waals surface area contributed by atoms with Crippen LogP contribution in [0.5, 0.6) is 5.75 Å². The number of hydrogen-bond donors (Lipinski definition) is 2. The van der Waals surface area contributed by atoms with Gasteiger partial charge in [-0.3, -0.25) is 10.1 Å². The Bertz CT molecular complexity index is 741. The molecule has 9 heteroatoms. The van der Waals surface area contributed by atoms with E-state index in [0.717, 1.165) is 23.1 Å². The zero-order chi connectivity index (χ0) is 15.5. The lowest BCUT2D eigenvalue weighted by atomic mass is 10.3. The van der Waals surface area contributed by atoms with Gasteiger partial charge in [0, 0.05) is 17.5 Å². The maximum Gasteiger partial charge on any atom is 0.312 e. The molecule has 0 bridgehead atoms. The minimum absolute atomic E-state index is 0.192. The van der Waals surface area contributed by atoms with Crippen LogP contribution in [0.4, 0.5) is 5.69 Å². The van der Waals surface area contributed by atoms with E-state index in [1.807, 2.05) is 17.5 Å². The molecule has 2 N–H and O–H groups in total. The Hall–Kier alpha value is -1.97. The van der Waals surface area contributed by atoms with E-state index in [1.165, 1.54) is 11.3 Å². The SMILES string of the molecule is O=[N+]([O-])c1cc(S(=O)(=O)NCCc2cccs2)ccc1O. The summed E-state index contributed by atoms with van der Waals surface area (Å²) in [6, 6.07) is 6.72. The summed E-state index contributed by atoms with van der Waals surface area (Å²) in [5, 5.41) is 21.9. The normalized spacial score (nSPS) is 11.4. The first-order valence-corrected chi connectivity index (χ1v) is 8.26. The number of benzene rings is 1. The van der Waals surface area contributed by atoms with Crippen LogP contribution >= 0.6 is 11.3 Å². The van der Waals surface area contributed by atoms with Gasteiger partial charge in [-0.25, -0.2) is 13.1 Å². The quantitative estimate of drug-likeness (QED) is 0.621. The number of aromatic hydroxyl groups is 1. The van der Waals surface area contributed by atoms with Crippen molar-refractivity contribution >= 4 is 27.0 Å². The van der Waals surface area contributed by atoms with Gasteiger partial charge in [-0.05, 0) is 30.0 Å². The van der Waals surface area contributed by atoms with Crippen LogP contribution in [0.1, 0.15) is 4.88 Å². The predicted molar refractivity (Wildman–Crippen MR) is 78.0 cm³/mol. The smallest absolute Gasteiger partial charge is 0.312 e. The van der Waals surface area contributed by atoms with Crippen molar-refractivity contribution in [2.75, 3.05) is 6.54 Å². The van der Waals surface area contributed by atoms with Crippen molar-refractivity contribution in [1.29, 1.82) is 0 Å². The molecule has 1 aromatic heterocycles. The summed E-state index contributed by atoms with van der Waals surface area (Å²) in [4.78, 5) is 10.7. The molecular formula is C12H12N2O5S2. The molecule has 0 spiro atoms. The molecule has 1 aromatic carbocycles. The van der Waals surface area contributed by atoms with Crippen LogP contribution in [-0.4, -0.2) is 25.0 Å². The number of nitrogens with zero attached hydrogens (tertiary/aromatic N) is 1. The van der Waals surface area contributed by atoms with Gasteiger partial charge in [-0.1, -0.05) is 6.07 Å². The molecular weight excluding hydrogens is 316 g/mol. The van der Waals surface area contributed by atoms with Crippen molar-refractivity contribution in [2.24, 2.45) is 0 Å². The van der Waals surface area contributed by atoms with Gasteiger partial charge in [-0.15, -0.1) is 11.3 Å². The van der Waals surface area contributed by atoms with Crippen molar-refractivity contribution in [3.63, 3.8) is 0 Å². The molecule has 0 atom stereocenters. The van der Waals surface area contributed by atoms with Crippen LogP contribution in [-0.2, 0) is 16.4 Å². The number of nitrogens with one attached hydrogen (secondary N) is 1. The average Bonchev–Trinajstić information content (AvgIpc) is 2.91. The second-order valence-electron chi connectivity index (χ2n) is 4.13. The molecule has 0 aliphatic carbocycles. The van der Waals surface area contributed by atoms with Crippen molar-refractivity contribution in [3.05, 3.63) is 50.7 Å². The number of nitro benzene ring substituents is 1. The first-order valence-electron chi connectivity index (χ1n) is 5.89. The van der Waals surface area contributed by atoms with Crippen molar-refractivity contribution in [2.45, 2.75) is 11.3 Å². The number of thiophene rings is 1. The summed E-state index contributed by atoms with van der Waals surface area (Å²) in [5.41, 5.74) is -0.642. The summed E-state index contributed by atoms with van der Waals surface area (Å²) in [6.07, 6.45) is 0.539. The number of rotatable bonds is 6. The topological polar surface area (TPSA) is 110 Å². The molecule has 2 rings (SSSR count). The van der Waals surface area contributed by atoms with Gasteiger partial charge in [0.25, 0.3) is 0 Å². The standard InChI is InChI=1S/C12H12N2O5S2/c15-12-4-3-10(8-11(12)14(16)17)21(18,19)13-6-5-9-2-1-7-20-9/h1-4,7-8,13,15H,5-6H2. The van der Waals surface area contributed by atoms with E-state index in [4.69, 9.17) is 0 Å². The first-order chi connectivity index (χ1) is 9.90. The van der Waals surface area contributed by atoms with E-state index in [1.54, 1.807) is 0 Å². The van der Waals surface area contributed by atoms with Crippen LogP contribution < -0.4 is 4.72 Å². The van der Waals surface area contributed by atoms with Crippen LogP contribution in [0.15, 0.2) is 40.6 Å². The molecule has 0 radical (unpaired) electrons. The predicted octanol–water partition coefficient (Wildman–Crippen LogP) is 1.88. The third kappa shape index (κ3) is 3.78. The Morgan fingerprint density at radius 3 is 2.71 bits per heavy atom. The van der Waals surface area contributed by atoms with E-state index in [-0.39, 0.29) is 11.4 Å². The number of nitro groups is 1. The Kier molecular flexibility index (Phi) is 4.56. The minimum atomic E-state index is -3.85. The van der Waals surface area contributed by atoms with Gasteiger partial charge in [0.15, 0.2) is 5.75 Å². The highest BCUT2D eigenvalue weighted by molar-refractivity contribution is 7.89. The highest BCUT2D eigenvalue weighted by atomic mass is 32.2. The second-order valence-corrected chi connectivity index (χ2v) is 6.93. The Morgan fingerprint density at radius 2 is 2.10 bits per heavy atom. The summed E-state index contributed by atoms with van der Waals surface area (Å²) in [5.74, 6) is -0.572. The zero-order valence-corrected chi connectivity index (χ0v) is 12.4. The van der Waals surface area contributed by atoms with E-state index in [0.29, 0.717) is 6.42 Å². The Balaban J connectivity index is 2.12. The molecule has 21 heavy (non-hydrogen) atoms. The molecule has 0 aliphatic rings. The van der Waals surface area contributed by atoms with Crippen LogP contribution in [0, 0.1) is 10.1 Å². The molecule has 2 aromatic rings. The summed E-state index contributed by atoms with van der Waals surface area (Å²) < 4.78 is 26.4. The van der Waals surface area contributed by atoms with Gasteiger partial charge in [0.05, 0.1) is 9.82 Å². The molecule has 0 fully saturated rings. The molecule has 1 heterocycles. The van der Waals surface area contributed by atoms with Crippen molar-refractivity contribution in [3.8, 4) is 5.75 Å². The molecule has 0 saturated heterocycles. The van der Waals surface area contributed by atoms with E-state index in [9.17, 15) is 23.6 Å². The fourth-order valence-corrected chi connectivity index (χ4v) is 3.42. The van der Waals surface area contributed by atoms with Crippen LogP contribution in [0.3, 0.4) is 0 Å². The number of sulfonamides is 1. The molecule has 0 aliphatic heterocycles. The van der Waals surface area contributed by atoms with Crippen LogP contribution in [0.2, 0.25) is 0 Å². The summed E-state index contributed by atoms with van der Waals surface area (Å²) in [7, 11) is -3.85. The van der Waals surface area contributed by atoms with E-state index in [2.05, 4.69) is 4.72 Å². The summed E-state index contributed by atoms with van der Waals surface area (Å²) in [6.45, 7) is 0.192. The first kappa shape index (κ1) is 15.4.